The molecule has 1 aliphatic heterocycles. The number of esters is 1. The molecule has 0 amide bonds. The summed E-state index contributed by atoms with van der Waals surface area (Å²) < 4.78 is 10.8. The lowest BCUT2D eigenvalue weighted by Crippen LogP contribution is -2.05. The Bertz CT molecular complexity index is 1090. The summed E-state index contributed by atoms with van der Waals surface area (Å²) in [5, 5.41) is 2.48. The number of hydrogen-bond donors (Lipinski definition) is 0. The molecule has 0 aromatic heterocycles. The molecule has 0 N–H and O–H groups in total. The van der Waals surface area contributed by atoms with Crippen molar-refractivity contribution in [2.75, 3.05) is 7.11 Å². The third-order valence-electron chi connectivity index (χ3n) is 4.16. The van der Waals surface area contributed by atoms with E-state index in [4.69, 9.17) is 21.1 Å². The van der Waals surface area contributed by atoms with Crippen molar-refractivity contribution >= 4 is 40.3 Å². The van der Waals surface area contributed by atoms with Gasteiger partial charge in [-0.2, -0.15) is 0 Å². The minimum absolute atomic E-state index is 0.200. The summed E-state index contributed by atoms with van der Waals surface area (Å²) in [6.07, 6.45) is 1.69. The lowest BCUT2D eigenvalue weighted by molar-refractivity contribution is -0.129. The number of halogens is 1. The predicted octanol–water partition coefficient (Wildman–Crippen LogP) is 4.85. The molecule has 0 spiro atoms. The summed E-state index contributed by atoms with van der Waals surface area (Å²) in [6, 6.07) is 18.8. The Balaban J connectivity index is 1.85. The van der Waals surface area contributed by atoms with E-state index in [1.165, 1.54) is 0 Å². The molecule has 0 bridgehead atoms. The molecule has 0 unspecified atom stereocenters. The van der Waals surface area contributed by atoms with Crippen LogP contribution < -0.4 is 4.74 Å². The number of nitrogens with zero attached hydrogens (tertiary/aromatic N) is 1. The first-order valence-corrected chi connectivity index (χ1v) is 8.38. The molecule has 128 valence electrons. The summed E-state index contributed by atoms with van der Waals surface area (Å²) >= 11 is 6.17. The number of aliphatic imine (C=N–C) groups is 1. The van der Waals surface area contributed by atoms with Crippen molar-refractivity contribution in [2.24, 2.45) is 4.99 Å². The van der Waals surface area contributed by atoms with Gasteiger partial charge in [-0.1, -0.05) is 54.1 Å². The molecule has 0 saturated carbocycles. The Kier molecular flexibility index (Phi) is 4.19. The highest BCUT2D eigenvalue weighted by Crippen LogP contribution is 2.32. The first-order valence-electron chi connectivity index (χ1n) is 8.00. The lowest BCUT2D eigenvalue weighted by Gasteiger charge is -2.08. The number of benzene rings is 3. The molecule has 26 heavy (non-hydrogen) atoms. The number of carbonyl (C=O) groups is 1. The predicted molar refractivity (Wildman–Crippen MR) is 103 cm³/mol. The monoisotopic (exact) mass is 363 g/mol. The topological polar surface area (TPSA) is 47.9 Å². The highest BCUT2D eigenvalue weighted by atomic mass is 35.5. The summed E-state index contributed by atoms with van der Waals surface area (Å²) in [6.45, 7) is 0. The summed E-state index contributed by atoms with van der Waals surface area (Å²) in [5.74, 6) is 0.339. The normalized spacial score (nSPS) is 15.2. The van der Waals surface area contributed by atoms with E-state index in [1.807, 2.05) is 42.5 Å². The zero-order valence-corrected chi connectivity index (χ0v) is 14.7. The van der Waals surface area contributed by atoms with Crippen LogP contribution in [0.2, 0.25) is 5.02 Å². The first-order chi connectivity index (χ1) is 12.7. The fourth-order valence-electron chi connectivity index (χ4n) is 2.90. The highest BCUT2D eigenvalue weighted by Gasteiger charge is 2.26. The lowest BCUT2D eigenvalue weighted by atomic mass is 10.0. The van der Waals surface area contributed by atoms with Gasteiger partial charge < -0.3 is 9.47 Å². The van der Waals surface area contributed by atoms with Gasteiger partial charge in [-0.15, -0.1) is 0 Å². The summed E-state index contributed by atoms with van der Waals surface area (Å²) in [5.41, 5.74) is 1.56. The fourth-order valence-corrected chi connectivity index (χ4v) is 3.11. The van der Waals surface area contributed by atoms with Gasteiger partial charge in [0.05, 0.1) is 17.7 Å². The van der Waals surface area contributed by atoms with Gasteiger partial charge in [-0.05, 0) is 35.0 Å². The molecule has 1 heterocycles. The quantitative estimate of drug-likeness (QED) is 0.494. The maximum Gasteiger partial charge on any atom is 0.363 e. The van der Waals surface area contributed by atoms with Crippen molar-refractivity contribution in [3.05, 3.63) is 82.5 Å². The van der Waals surface area contributed by atoms with Gasteiger partial charge in [0, 0.05) is 5.56 Å². The van der Waals surface area contributed by atoms with Crippen LogP contribution in [0, 0.1) is 0 Å². The minimum Gasteiger partial charge on any atom is -0.496 e. The van der Waals surface area contributed by atoms with E-state index in [9.17, 15) is 4.79 Å². The van der Waals surface area contributed by atoms with Crippen LogP contribution in [0.15, 0.2) is 71.4 Å². The second kappa shape index (κ2) is 6.65. The van der Waals surface area contributed by atoms with Crippen molar-refractivity contribution in [2.45, 2.75) is 0 Å². The average molecular weight is 364 g/mol. The molecule has 4 rings (SSSR count). The second-order valence-corrected chi connectivity index (χ2v) is 6.13. The molecule has 5 heteroatoms. The van der Waals surface area contributed by atoms with Gasteiger partial charge in [-0.25, -0.2) is 9.79 Å². The minimum atomic E-state index is -0.519. The Morgan fingerprint density at radius 1 is 1.04 bits per heavy atom. The van der Waals surface area contributed by atoms with Crippen LogP contribution in [-0.4, -0.2) is 19.0 Å². The summed E-state index contributed by atoms with van der Waals surface area (Å²) in [7, 11) is 1.59. The van der Waals surface area contributed by atoms with Crippen LogP contribution in [0.3, 0.4) is 0 Å². The van der Waals surface area contributed by atoms with E-state index in [1.54, 1.807) is 31.4 Å². The maximum atomic E-state index is 12.3. The van der Waals surface area contributed by atoms with Crippen LogP contribution in [0.4, 0.5) is 0 Å². The van der Waals surface area contributed by atoms with Crippen molar-refractivity contribution in [1.82, 2.24) is 0 Å². The Hall–Kier alpha value is -3.11. The van der Waals surface area contributed by atoms with Crippen LogP contribution in [-0.2, 0) is 9.53 Å². The van der Waals surface area contributed by atoms with Crippen molar-refractivity contribution in [1.29, 1.82) is 0 Å². The molecular weight excluding hydrogens is 350 g/mol. The van der Waals surface area contributed by atoms with Crippen LogP contribution in [0.25, 0.3) is 16.8 Å². The SMILES string of the molecule is COc1ccc2ccccc2c1/C=C1\N=C(c2ccccc2Cl)OC1=O. The Labute approximate surface area is 155 Å². The van der Waals surface area contributed by atoms with E-state index < -0.39 is 5.97 Å². The largest absolute Gasteiger partial charge is 0.496 e. The van der Waals surface area contributed by atoms with Crippen LogP contribution >= 0.6 is 11.6 Å². The van der Waals surface area contributed by atoms with Gasteiger partial charge in [0.15, 0.2) is 5.70 Å². The van der Waals surface area contributed by atoms with Crippen molar-refractivity contribution in [3.63, 3.8) is 0 Å². The van der Waals surface area contributed by atoms with E-state index in [-0.39, 0.29) is 11.6 Å². The van der Waals surface area contributed by atoms with Crippen LogP contribution in [0.1, 0.15) is 11.1 Å². The number of rotatable bonds is 3. The standard InChI is InChI=1S/C21H14ClNO3/c1-25-19-11-10-13-6-2-3-7-14(13)16(19)12-18-21(24)26-20(23-18)15-8-4-5-9-17(15)22/h2-12H,1H3/b18-12-. The molecule has 1 aliphatic rings. The van der Waals surface area contributed by atoms with E-state index in [0.29, 0.717) is 16.3 Å². The number of ether oxygens (including phenoxy) is 2. The smallest absolute Gasteiger partial charge is 0.363 e. The Morgan fingerprint density at radius 3 is 2.62 bits per heavy atom. The number of cyclic esters (lactones) is 1. The zero-order valence-electron chi connectivity index (χ0n) is 13.9. The molecular formula is C21H14ClNO3. The van der Waals surface area contributed by atoms with E-state index >= 15 is 0 Å². The van der Waals surface area contributed by atoms with Gasteiger partial charge in [-0.3, -0.25) is 0 Å². The van der Waals surface area contributed by atoms with E-state index in [0.717, 1.165) is 16.3 Å². The second-order valence-electron chi connectivity index (χ2n) is 5.72. The molecule has 0 fully saturated rings. The van der Waals surface area contributed by atoms with Crippen molar-refractivity contribution in [3.8, 4) is 5.75 Å². The molecule has 0 saturated heterocycles. The maximum absolute atomic E-state index is 12.3. The third-order valence-corrected chi connectivity index (χ3v) is 4.49. The van der Waals surface area contributed by atoms with Crippen LogP contribution in [0.5, 0.6) is 5.75 Å². The first kappa shape index (κ1) is 16.4. The molecule has 3 aromatic rings. The van der Waals surface area contributed by atoms with E-state index in [2.05, 4.69) is 4.99 Å². The van der Waals surface area contributed by atoms with Crippen molar-refractivity contribution < 1.29 is 14.3 Å². The molecule has 0 aliphatic carbocycles. The number of hydrogen-bond acceptors (Lipinski definition) is 4. The highest BCUT2D eigenvalue weighted by molar-refractivity contribution is 6.34. The van der Waals surface area contributed by atoms with Gasteiger partial charge >= 0.3 is 5.97 Å². The number of methoxy groups -OCH3 is 1. The van der Waals surface area contributed by atoms with Gasteiger partial charge in [0.2, 0.25) is 5.90 Å². The molecule has 0 radical (unpaired) electrons. The zero-order chi connectivity index (χ0) is 18.1. The molecule has 3 aromatic carbocycles. The summed E-state index contributed by atoms with van der Waals surface area (Å²) in [4.78, 5) is 16.7. The number of fused-ring (bicyclic) bond motifs is 1. The fraction of sp³-hybridized carbons (Fsp3) is 0.0476. The van der Waals surface area contributed by atoms with Gasteiger partial charge in [0.25, 0.3) is 0 Å². The third kappa shape index (κ3) is 2.85. The van der Waals surface area contributed by atoms with Gasteiger partial charge in [0.1, 0.15) is 5.75 Å². The average Bonchev–Trinajstić information content (AvgIpc) is 3.02. The number of carbonyl (C=O) groups excluding carboxylic acids is 1. The molecule has 4 nitrogen and oxygen atoms in total. The Morgan fingerprint density at radius 2 is 1.81 bits per heavy atom. The molecule has 0 atom stereocenters.